The van der Waals surface area contributed by atoms with E-state index in [1.165, 1.54) is 0 Å². The quantitative estimate of drug-likeness (QED) is 0.683. The standard InChI is InChI=1S/C20H24N2O4/c1-11(2)10-21-18(23)12-5-7-15(8-6-12)22-19(24)16-13-3-4-14(9-13)17(16)20(25)26/h3-8,11,13-14,16-17H,9-10H2,1-2H3,(H,21,23)(H,22,24)(H,25,26)/t13-,14-,16-,17-/m0/s1. The van der Waals surface area contributed by atoms with E-state index in [-0.39, 0.29) is 23.7 Å². The maximum absolute atomic E-state index is 12.6. The van der Waals surface area contributed by atoms with Crippen LogP contribution in [-0.4, -0.2) is 29.4 Å². The molecule has 0 aliphatic heterocycles. The molecule has 1 aromatic rings. The molecule has 1 saturated carbocycles. The van der Waals surface area contributed by atoms with Crippen LogP contribution in [0.25, 0.3) is 0 Å². The maximum Gasteiger partial charge on any atom is 0.307 e. The fourth-order valence-electron chi connectivity index (χ4n) is 3.85. The number of carboxylic acid groups (broad SMARTS) is 1. The van der Waals surface area contributed by atoms with Gasteiger partial charge in [0.15, 0.2) is 0 Å². The molecule has 4 atom stereocenters. The highest BCUT2D eigenvalue weighted by atomic mass is 16.4. The molecule has 0 unspecified atom stereocenters. The molecule has 0 saturated heterocycles. The average Bonchev–Trinajstić information content (AvgIpc) is 3.21. The SMILES string of the molecule is CC(C)CNC(=O)c1ccc(NC(=O)[C@@H]2[C@@H](C(=O)O)[C@H]3C=C[C@H]2C3)cc1. The Morgan fingerprint density at radius 3 is 2.27 bits per heavy atom. The lowest BCUT2D eigenvalue weighted by Gasteiger charge is -2.23. The Balaban J connectivity index is 1.64. The Labute approximate surface area is 152 Å². The number of anilines is 1. The number of rotatable bonds is 6. The zero-order valence-electron chi connectivity index (χ0n) is 14.9. The van der Waals surface area contributed by atoms with Gasteiger partial charge in [-0.1, -0.05) is 26.0 Å². The molecule has 2 amide bonds. The first-order valence-electron chi connectivity index (χ1n) is 8.97. The Hall–Kier alpha value is -2.63. The number of amides is 2. The number of fused-ring (bicyclic) bond motifs is 2. The van der Waals surface area contributed by atoms with Gasteiger partial charge in [-0.05, 0) is 48.4 Å². The number of benzene rings is 1. The predicted molar refractivity (Wildman–Crippen MR) is 97.6 cm³/mol. The van der Waals surface area contributed by atoms with E-state index >= 15 is 0 Å². The second kappa shape index (κ2) is 7.32. The van der Waals surface area contributed by atoms with Crippen LogP contribution in [0, 0.1) is 29.6 Å². The van der Waals surface area contributed by atoms with Gasteiger partial charge in [0.2, 0.25) is 5.91 Å². The summed E-state index contributed by atoms with van der Waals surface area (Å²) in [6, 6.07) is 6.64. The van der Waals surface area contributed by atoms with E-state index in [1.807, 2.05) is 26.0 Å². The smallest absolute Gasteiger partial charge is 0.307 e. The molecular formula is C20H24N2O4. The van der Waals surface area contributed by atoms with Crippen molar-refractivity contribution in [3.05, 3.63) is 42.0 Å². The number of hydrogen-bond acceptors (Lipinski definition) is 3. The molecule has 1 aromatic carbocycles. The minimum Gasteiger partial charge on any atom is -0.481 e. The second-order valence-corrected chi connectivity index (χ2v) is 7.51. The monoisotopic (exact) mass is 356 g/mol. The summed E-state index contributed by atoms with van der Waals surface area (Å²) in [5.74, 6) is -2.24. The molecule has 2 aliphatic rings. The molecule has 0 spiro atoms. The summed E-state index contributed by atoms with van der Waals surface area (Å²) >= 11 is 0. The summed E-state index contributed by atoms with van der Waals surface area (Å²) in [4.78, 5) is 36.2. The number of carbonyl (C=O) groups excluding carboxylic acids is 2. The van der Waals surface area contributed by atoms with Gasteiger partial charge in [0.05, 0.1) is 11.8 Å². The lowest BCUT2D eigenvalue weighted by atomic mass is 9.82. The Bertz CT molecular complexity index is 739. The molecule has 6 heteroatoms. The van der Waals surface area contributed by atoms with Gasteiger partial charge < -0.3 is 15.7 Å². The van der Waals surface area contributed by atoms with E-state index in [0.29, 0.717) is 23.7 Å². The normalized spacial score (nSPS) is 26.1. The van der Waals surface area contributed by atoms with Crippen molar-refractivity contribution < 1.29 is 19.5 Å². The van der Waals surface area contributed by atoms with Crippen LogP contribution in [0.1, 0.15) is 30.6 Å². The number of allylic oxidation sites excluding steroid dienone is 2. The third-order valence-electron chi connectivity index (χ3n) is 5.13. The van der Waals surface area contributed by atoms with Crippen molar-refractivity contribution in [1.82, 2.24) is 5.32 Å². The first kappa shape index (κ1) is 18.2. The van der Waals surface area contributed by atoms with Gasteiger partial charge in [-0.2, -0.15) is 0 Å². The van der Waals surface area contributed by atoms with Gasteiger partial charge in [-0.3, -0.25) is 14.4 Å². The number of carboxylic acids is 1. The highest BCUT2D eigenvalue weighted by molar-refractivity contribution is 5.98. The van der Waals surface area contributed by atoms with Crippen molar-refractivity contribution in [3.63, 3.8) is 0 Å². The van der Waals surface area contributed by atoms with Crippen LogP contribution in [0.5, 0.6) is 0 Å². The van der Waals surface area contributed by atoms with Gasteiger partial charge in [-0.15, -0.1) is 0 Å². The zero-order valence-corrected chi connectivity index (χ0v) is 14.9. The molecule has 138 valence electrons. The highest BCUT2D eigenvalue weighted by Crippen LogP contribution is 2.48. The van der Waals surface area contributed by atoms with E-state index < -0.39 is 17.8 Å². The molecule has 1 fully saturated rings. The van der Waals surface area contributed by atoms with E-state index in [1.54, 1.807) is 24.3 Å². The fourth-order valence-corrected chi connectivity index (χ4v) is 3.85. The van der Waals surface area contributed by atoms with Gasteiger partial charge in [0.1, 0.15) is 0 Å². The Morgan fingerprint density at radius 2 is 1.69 bits per heavy atom. The van der Waals surface area contributed by atoms with Crippen LogP contribution < -0.4 is 10.6 Å². The molecule has 3 N–H and O–H groups in total. The van der Waals surface area contributed by atoms with E-state index in [0.717, 1.165) is 6.42 Å². The van der Waals surface area contributed by atoms with Gasteiger partial charge in [0.25, 0.3) is 5.91 Å². The summed E-state index contributed by atoms with van der Waals surface area (Å²) in [5, 5.41) is 15.1. The van der Waals surface area contributed by atoms with Gasteiger partial charge >= 0.3 is 5.97 Å². The van der Waals surface area contributed by atoms with Gasteiger partial charge in [-0.25, -0.2) is 0 Å². The Morgan fingerprint density at radius 1 is 1.08 bits per heavy atom. The summed E-state index contributed by atoms with van der Waals surface area (Å²) < 4.78 is 0. The number of nitrogens with one attached hydrogen (secondary N) is 2. The van der Waals surface area contributed by atoms with Crippen molar-refractivity contribution in [2.45, 2.75) is 20.3 Å². The van der Waals surface area contributed by atoms with E-state index in [2.05, 4.69) is 10.6 Å². The molecule has 2 bridgehead atoms. The van der Waals surface area contributed by atoms with Crippen molar-refractivity contribution in [3.8, 4) is 0 Å². The fraction of sp³-hybridized carbons (Fsp3) is 0.450. The van der Waals surface area contributed by atoms with Crippen molar-refractivity contribution in [2.75, 3.05) is 11.9 Å². The summed E-state index contributed by atoms with van der Waals surface area (Å²) in [6.07, 6.45) is 4.60. The first-order chi connectivity index (χ1) is 12.4. The maximum atomic E-state index is 12.6. The van der Waals surface area contributed by atoms with Crippen LogP contribution in [0.4, 0.5) is 5.69 Å². The zero-order chi connectivity index (χ0) is 18.8. The third kappa shape index (κ3) is 3.64. The lowest BCUT2D eigenvalue weighted by Crippen LogP contribution is -2.36. The number of hydrogen-bond donors (Lipinski definition) is 3. The van der Waals surface area contributed by atoms with Crippen molar-refractivity contribution in [2.24, 2.45) is 29.6 Å². The van der Waals surface area contributed by atoms with Crippen LogP contribution in [0.2, 0.25) is 0 Å². The largest absolute Gasteiger partial charge is 0.481 e. The Kier molecular flexibility index (Phi) is 5.11. The molecular weight excluding hydrogens is 332 g/mol. The molecule has 0 radical (unpaired) electrons. The molecule has 0 heterocycles. The average molecular weight is 356 g/mol. The van der Waals surface area contributed by atoms with E-state index in [9.17, 15) is 19.5 Å². The number of aliphatic carboxylic acids is 1. The van der Waals surface area contributed by atoms with Crippen molar-refractivity contribution >= 4 is 23.5 Å². The summed E-state index contributed by atoms with van der Waals surface area (Å²) in [7, 11) is 0. The molecule has 6 nitrogen and oxygen atoms in total. The third-order valence-corrected chi connectivity index (χ3v) is 5.13. The van der Waals surface area contributed by atoms with Crippen molar-refractivity contribution in [1.29, 1.82) is 0 Å². The van der Waals surface area contributed by atoms with Crippen LogP contribution in [-0.2, 0) is 9.59 Å². The molecule has 3 rings (SSSR count). The van der Waals surface area contributed by atoms with E-state index in [4.69, 9.17) is 0 Å². The van der Waals surface area contributed by atoms with Gasteiger partial charge in [0, 0.05) is 17.8 Å². The first-order valence-corrected chi connectivity index (χ1v) is 8.97. The van der Waals surface area contributed by atoms with Crippen LogP contribution in [0.15, 0.2) is 36.4 Å². The summed E-state index contributed by atoms with van der Waals surface area (Å²) in [6.45, 7) is 4.65. The second-order valence-electron chi connectivity index (χ2n) is 7.51. The molecule has 2 aliphatic carbocycles. The number of carbonyl (C=O) groups is 3. The predicted octanol–water partition coefficient (Wildman–Crippen LogP) is 2.53. The summed E-state index contributed by atoms with van der Waals surface area (Å²) in [5.41, 5.74) is 1.08. The molecule has 0 aromatic heterocycles. The molecule has 26 heavy (non-hydrogen) atoms. The highest BCUT2D eigenvalue weighted by Gasteiger charge is 2.51. The van der Waals surface area contributed by atoms with Crippen LogP contribution >= 0.6 is 0 Å². The minimum absolute atomic E-state index is 0.0119. The topological polar surface area (TPSA) is 95.5 Å². The lowest BCUT2D eigenvalue weighted by molar-refractivity contribution is -0.146. The minimum atomic E-state index is -0.917. The van der Waals surface area contributed by atoms with Crippen LogP contribution in [0.3, 0.4) is 0 Å².